The van der Waals surface area contributed by atoms with Crippen molar-refractivity contribution in [3.63, 3.8) is 0 Å². The van der Waals surface area contributed by atoms with Crippen LogP contribution >= 0.6 is 0 Å². The molecule has 1 rings (SSSR count). The molecule has 0 aliphatic heterocycles. The Hall–Kier alpha value is -1.42. The summed E-state index contributed by atoms with van der Waals surface area (Å²) >= 11 is 0. The number of benzene rings is 1. The fraction of sp³-hybridized carbons (Fsp3) is 0.429. The van der Waals surface area contributed by atoms with Crippen LogP contribution in [0.4, 0.5) is 0 Å². The van der Waals surface area contributed by atoms with Crippen LogP contribution in [0.5, 0.6) is 0 Å². The maximum atomic E-state index is 11.3. The zero-order valence-electron chi connectivity index (χ0n) is 11.1. The number of carbonyl (C=O) groups excluding carboxylic acids is 1. The number of carbonyl (C=O) groups is 2. The number of ketones is 1. The topological polar surface area (TPSA) is 54.4 Å². The standard InChI is InChI=1S/C14H20O3Si/c1-11(15)9-13(10-14(16)17)18(2,3)12-7-5-4-6-8-12/h4-8,13H,9-10H2,1-3H3,(H,16,17). The first kappa shape index (κ1) is 14.6. The highest BCUT2D eigenvalue weighted by Gasteiger charge is 2.35. The molecule has 0 fully saturated rings. The van der Waals surface area contributed by atoms with Crippen LogP contribution < -0.4 is 5.19 Å². The van der Waals surface area contributed by atoms with Crippen molar-refractivity contribution in [2.45, 2.75) is 38.4 Å². The minimum absolute atomic E-state index is 0.0464. The largest absolute Gasteiger partial charge is 0.481 e. The summed E-state index contributed by atoms with van der Waals surface area (Å²) in [7, 11) is -1.94. The minimum atomic E-state index is -1.94. The Balaban J connectivity index is 3.02. The van der Waals surface area contributed by atoms with E-state index in [0.717, 1.165) is 0 Å². The maximum Gasteiger partial charge on any atom is 0.303 e. The average molecular weight is 264 g/mol. The van der Waals surface area contributed by atoms with Gasteiger partial charge in [-0.2, -0.15) is 0 Å². The molecule has 0 heterocycles. The van der Waals surface area contributed by atoms with Crippen LogP contribution in [0.3, 0.4) is 0 Å². The second-order valence-electron chi connectivity index (χ2n) is 5.29. The third-order valence-electron chi connectivity index (χ3n) is 3.49. The Kier molecular flexibility index (Phi) is 4.84. The molecule has 4 heteroatoms. The van der Waals surface area contributed by atoms with Crippen LogP contribution in [0, 0.1) is 0 Å². The Bertz CT molecular complexity index is 410. The van der Waals surface area contributed by atoms with Gasteiger partial charge >= 0.3 is 5.97 Å². The Labute approximate surface area is 109 Å². The maximum absolute atomic E-state index is 11.3. The molecule has 0 bridgehead atoms. The molecular weight excluding hydrogens is 244 g/mol. The number of Topliss-reactive ketones (excluding diaryl/α,β-unsaturated/α-hetero) is 1. The van der Waals surface area contributed by atoms with Crippen LogP contribution in [0.1, 0.15) is 19.8 Å². The molecule has 1 aromatic carbocycles. The Morgan fingerprint density at radius 1 is 1.17 bits per heavy atom. The molecule has 1 N–H and O–H groups in total. The summed E-state index contributed by atoms with van der Waals surface area (Å²) in [4.78, 5) is 22.3. The summed E-state index contributed by atoms with van der Waals surface area (Å²) in [6.45, 7) is 5.81. The zero-order valence-corrected chi connectivity index (χ0v) is 12.1. The van der Waals surface area contributed by atoms with Gasteiger partial charge in [0.1, 0.15) is 5.78 Å². The van der Waals surface area contributed by atoms with Gasteiger partial charge in [0.2, 0.25) is 0 Å². The average Bonchev–Trinajstić information content (AvgIpc) is 2.28. The number of aliphatic carboxylic acids is 1. The van der Waals surface area contributed by atoms with Crippen molar-refractivity contribution < 1.29 is 14.7 Å². The molecule has 0 radical (unpaired) electrons. The first-order chi connectivity index (χ1) is 8.34. The van der Waals surface area contributed by atoms with Crippen molar-refractivity contribution in [3.8, 4) is 0 Å². The first-order valence-electron chi connectivity index (χ1n) is 6.10. The fourth-order valence-electron chi connectivity index (χ4n) is 2.24. The van der Waals surface area contributed by atoms with E-state index in [-0.39, 0.29) is 17.7 Å². The van der Waals surface area contributed by atoms with Crippen molar-refractivity contribution >= 4 is 25.0 Å². The van der Waals surface area contributed by atoms with Gasteiger partial charge in [-0.1, -0.05) is 48.6 Å². The summed E-state index contributed by atoms with van der Waals surface area (Å²) in [5.74, 6) is -0.754. The molecule has 0 spiro atoms. The van der Waals surface area contributed by atoms with Gasteiger partial charge in [0.05, 0.1) is 8.07 Å². The third-order valence-corrected chi connectivity index (χ3v) is 7.76. The van der Waals surface area contributed by atoms with E-state index in [9.17, 15) is 9.59 Å². The van der Waals surface area contributed by atoms with E-state index in [0.29, 0.717) is 6.42 Å². The predicted octanol–water partition coefficient (Wildman–Crippen LogP) is 2.43. The number of hydrogen-bond donors (Lipinski definition) is 1. The van der Waals surface area contributed by atoms with Crippen LogP contribution in [-0.2, 0) is 9.59 Å². The van der Waals surface area contributed by atoms with Crippen LogP contribution in [0.25, 0.3) is 0 Å². The van der Waals surface area contributed by atoms with Gasteiger partial charge in [0, 0.05) is 12.8 Å². The van der Waals surface area contributed by atoms with E-state index in [2.05, 4.69) is 13.1 Å². The van der Waals surface area contributed by atoms with E-state index in [1.165, 1.54) is 12.1 Å². The SMILES string of the molecule is CC(=O)CC(CC(=O)O)[Si](C)(C)c1ccccc1. The highest BCUT2D eigenvalue weighted by molar-refractivity contribution is 6.91. The fourth-order valence-corrected chi connectivity index (χ4v) is 5.25. The molecule has 0 aliphatic rings. The molecule has 0 amide bonds. The molecule has 0 aliphatic carbocycles. The van der Waals surface area contributed by atoms with E-state index in [1.807, 2.05) is 30.3 Å². The molecule has 98 valence electrons. The zero-order chi connectivity index (χ0) is 13.8. The van der Waals surface area contributed by atoms with Crippen LogP contribution in [-0.4, -0.2) is 24.9 Å². The molecule has 18 heavy (non-hydrogen) atoms. The van der Waals surface area contributed by atoms with E-state index < -0.39 is 14.0 Å². The lowest BCUT2D eigenvalue weighted by Crippen LogP contribution is -2.47. The molecule has 0 saturated heterocycles. The summed E-state index contributed by atoms with van der Waals surface area (Å²) < 4.78 is 0. The Morgan fingerprint density at radius 3 is 2.17 bits per heavy atom. The number of carboxylic acid groups (broad SMARTS) is 1. The van der Waals surface area contributed by atoms with Crippen molar-refractivity contribution in [1.29, 1.82) is 0 Å². The lowest BCUT2D eigenvalue weighted by molar-refractivity contribution is -0.137. The van der Waals surface area contributed by atoms with Crippen molar-refractivity contribution in [2.75, 3.05) is 0 Å². The highest BCUT2D eigenvalue weighted by Crippen LogP contribution is 2.29. The number of hydrogen-bond acceptors (Lipinski definition) is 2. The summed E-state index contributed by atoms with van der Waals surface area (Å²) in [6, 6.07) is 9.97. The van der Waals surface area contributed by atoms with Gasteiger partial charge in [-0.15, -0.1) is 0 Å². The number of rotatable bonds is 6. The monoisotopic (exact) mass is 264 g/mol. The molecule has 3 nitrogen and oxygen atoms in total. The third kappa shape index (κ3) is 3.80. The summed E-state index contributed by atoms with van der Waals surface area (Å²) in [5, 5.41) is 10.2. The first-order valence-corrected chi connectivity index (χ1v) is 9.18. The van der Waals surface area contributed by atoms with Crippen molar-refractivity contribution in [1.82, 2.24) is 0 Å². The normalized spacial score (nSPS) is 13.1. The molecule has 0 saturated carbocycles. The van der Waals surface area contributed by atoms with Crippen molar-refractivity contribution in [2.24, 2.45) is 0 Å². The lowest BCUT2D eigenvalue weighted by Gasteiger charge is -2.31. The quantitative estimate of drug-likeness (QED) is 0.803. The minimum Gasteiger partial charge on any atom is -0.481 e. The van der Waals surface area contributed by atoms with E-state index >= 15 is 0 Å². The summed E-state index contributed by atoms with van der Waals surface area (Å²) in [5.41, 5.74) is -0.0464. The van der Waals surface area contributed by atoms with Crippen LogP contribution in [0.2, 0.25) is 18.6 Å². The van der Waals surface area contributed by atoms with Gasteiger partial charge in [-0.05, 0) is 12.5 Å². The van der Waals surface area contributed by atoms with Gasteiger partial charge in [0.25, 0.3) is 0 Å². The highest BCUT2D eigenvalue weighted by atomic mass is 28.3. The van der Waals surface area contributed by atoms with E-state index in [4.69, 9.17) is 5.11 Å². The second-order valence-corrected chi connectivity index (χ2v) is 10.1. The molecule has 1 aromatic rings. The Morgan fingerprint density at radius 2 is 1.72 bits per heavy atom. The van der Waals surface area contributed by atoms with Gasteiger partial charge in [0.15, 0.2) is 0 Å². The molecule has 1 unspecified atom stereocenters. The summed E-state index contributed by atoms with van der Waals surface area (Å²) in [6.07, 6.45) is 0.439. The van der Waals surface area contributed by atoms with Gasteiger partial charge < -0.3 is 9.90 Å². The smallest absolute Gasteiger partial charge is 0.303 e. The van der Waals surface area contributed by atoms with Gasteiger partial charge in [-0.25, -0.2) is 0 Å². The van der Waals surface area contributed by atoms with Crippen LogP contribution in [0.15, 0.2) is 30.3 Å². The second kappa shape index (κ2) is 5.95. The van der Waals surface area contributed by atoms with Crippen molar-refractivity contribution in [3.05, 3.63) is 30.3 Å². The lowest BCUT2D eigenvalue weighted by atomic mass is 10.2. The molecular formula is C14H20O3Si. The molecule has 0 aromatic heterocycles. The molecule has 1 atom stereocenters. The predicted molar refractivity (Wildman–Crippen MR) is 74.9 cm³/mol. The number of carboxylic acids is 1. The van der Waals surface area contributed by atoms with E-state index in [1.54, 1.807) is 0 Å². The van der Waals surface area contributed by atoms with Gasteiger partial charge in [-0.3, -0.25) is 4.79 Å².